The maximum Gasteiger partial charge on any atom is 0.251 e. The number of H-pyrrole nitrogens is 1. The van der Waals surface area contributed by atoms with Gasteiger partial charge in [0, 0.05) is 42.8 Å². The molecule has 1 aliphatic heterocycles. The quantitative estimate of drug-likeness (QED) is 0.613. The summed E-state index contributed by atoms with van der Waals surface area (Å²) in [7, 11) is 0. The van der Waals surface area contributed by atoms with Crippen molar-refractivity contribution in [1.82, 2.24) is 9.69 Å². The fourth-order valence-electron chi connectivity index (χ4n) is 3.31. The number of hydrogen-bond donors (Lipinski definition) is 2. The fourth-order valence-corrected chi connectivity index (χ4v) is 3.75. The first-order valence-corrected chi connectivity index (χ1v) is 11.1. The first kappa shape index (κ1) is 21.3. The molecule has 1 fully saturated rings. The molecule has 3 aromatic rings. The summed E-state index contributed by atoms with van der Waals surface area (Å²) in [5, 5.41) is 5.14. The van der Waals surface area contributed by atoms with Crippen LogP contribution >= 0.6 is 11.5 Å². The average Bonchev–Trinajstić information content (AvgIpc) is 2.73. The molecule has 1 aliphatic rings. The first-order chi connectivity index (χ1) is 14.1. The van der Waals surface area contributed by atoms with Crippen molar-refractivity contribution in [3.8, 4) is 0 Å². The zero-order chi connectivity index (χ0) is 20.5. The Labute approximate surface area is 177 Å². The Hall–Kier alpha value is -2.37. The molecule has 0 saturated carbocycles. The first-order valence-electron chi connectivity index (χ1n) is 10.2. The topological polar surface area (TPSA) is 54.1 Å². The minimum Gasteiger partial charge on any atom is -0.381 e. The highest BCUT2D eigenvalue weighted by atomic mass is 32.1. The van der Waals surface area contributed by atoms with Crippen LogP contribution in [0.5, 0.6) is 0 Å². The number of rotatable bonds is 5. The van der Waals surface area contributed by atoms with E-state index in [9.17, 15) is 4.79 Å². The maximum absolute atomic E-state index is 11.7. The molecule has 1 amide bonds. The number of aryl methyl sites for hydroxylation is 1. The molecule has 0 radical (unpaired) electrons. The second kappa shape index (κ2) is 11.0. The lowest BCUT2D eigenvalue weighted by atomic mass is 10.0. The lowest BCUT2D eigenvalue weighted by molar-refractivity contribution is 0.0642. The van der Waals surface area contributed by atoms with Gasteiger partial charge in [-0.15, -0.1) is 0 Å². The minimum atomic E-state index is 0.0205. The van der Waals surface area contributed by atoms with Gasteiger partial charge in [-0.05, 0) is 61.4 Å². The van der Waals surface area contributed by atoms with E-state index in [1.165, 1.54) is 22.4 Å². The fraction of sp³-hybridized carbons (Fsp3) is 0.375. The molecule has 0 bridgehead atoms. The van der Waals surface area contributed by atoms with E-state index < -0.39 is 0 Å². The predicted molar refractivity (Wildman–Crippen MR) is 120 cm³/mol. The van der Waals surface area contributed by atoms with Gasteiger partial charge in [0.25, 0.3) is 5.91 Å². The lowest BCUT2D eigenvalue weighted by Gasteiger charge is -2.22. The third-order valence-corrected chi connectivity index (χ3v) is 6.20. The van der Waals surface area contributed by atoms with Crippen molar-refractivity contribution in [2.45, 2.75) is 33.1 Å². The Morgan fingerprint density at radius 1 is 1.10 bits per heavy atom. The largest absolute Gasteiger partial charge is 0.381 e. The number of aromatic amines is 1. The highest BCUT2D eigenvalue weighted by Crippen LogP contribution is 2.17. The summed E-state index contributed by atoms with van der Waals surface area (Å²) in [6.07, 6.45) is 3.14. The second-order valence-electron chi connectivity index (χ2n) is 7.53. The van der Waals surface area contributed by atoms with Crippen molar-refractivity contribution in [2.24, 2.45) is 5.92 Å². The van der Waals surface area contributed by atoms with Crippen molar-refractivity contribution in [3.05, 3.63) is 81.9 Å². The molecule has 0 unspecified atom stereocenters. The molecular weight excluding hydrogens is 380 g/mol. The molecule has 4 rings (SSSR count). The van der Waals surface area contributed by atoms with E-state index >= 15 is 0 Å². The summed E-state index contributed by atoms with van der Waals surface area (Å²) in [4.78, 5) is 11.7. The number of aromatic nitrogens is 1. The van der Waals surface area contributed by atoms with Gasteiger partial charge in [0.15, 0.2) is 0 Å². The van der Waals surface area contributed by atoms with Crippen LogP contribution in [-0.2, 0) is 11.2 Å². The van der Waals surface area contributed by atoms with E-state index in [4.69, 9.17) is 4.74 Å². The minimum absolute atomic E-state index is 0.0205. The summed E-state index contributed by atoms with van der Waals surface area (Å²) in [5.74, 6) is 0.591. The molecule has 1 aromatic heterocycles. The molecule has 29 heavy (non-hydrogen) atoms. The van der Waals surface area contributed by atoms with Crippen molar-refractivity contribution in [2.75, 3.05) is 19.8 Å². The number of benzene rings is 2. The van der Waals surface area contributed by atoms with E-state index in [1.54, 1.807) is 11.5 Å². The molecule has 0 atom stereocenters. The molecule has 4 nitrogen and oxygen atoms in total. The summed E-state index contributed by atoms with van der Waals surface area (Å²) in [5.41, 5.74) is 6.29. The monoisotopic (exact) mass is 410 g/mol. The Balaban J connectivity index is 0.000000169. The number of nitrogens with one attached hydrogen (secondary N) is 2. The van der Waals surface area contributed by atoms with Crippen LogP contribution in [0.15, 0.2) is 53.9 Å². The summed E-state index contributed by atoms with van der Waals surface area (Å²) < 4.78 is 8.50. The lowest BCUT2D eigenvalue weighted by Crippen LogP contribution is -2.32. The molecular formula is C24H30N2O2S. The normalized spacial score (nSPS) is 14.1. The Morgan fingerprint density at radius 3 is 2.48 bits per heavy atom. The van der Waals surface area contributed by atoms with Crippen LogP contribution in [0.25, 0.3) is 0 Å². The molecule has 2 N–H and O–H groups in total. The molecule has 154 valence electrons. The van der Waals surface area contributed by atoms with Crippen LogP contribution in [-0.4, -0.2) is 30.0 Å². The van der Waals surface area contributed by atoms with Gasteiger partial charge in [0.05, 0.1) is 0 Å². The van der Waals surface area contributed by atoms with Gasteiger partial charge >= 0.3 is 0 Å². The SMILES string of the molecule is Cc1cccc(Cc2cs[nH]2)c1C.O=C(NCC1CCOCC1)c1ccccc1. The van der Waals surface area contributed by atoms with Gasteiger partial charge in [-0.25, -0.2) is 0 Å². The van der Waals surface area contributed by atoms with Crippen molar-refractivity contribution in [1.29, 1.82) is 0 Å². The number of carbonyl (C=O) groups excluding carboxylic acids is 1. The van der Waals surface area contributed by atoms with E-state index in [-0.39, 0.29) is 5.91 Å². The van der Waals surface area contributed by atoms with Crippen LogP contribution < -0.4 is 5.32 Å². The van der Waals surface area contributed by atoms with E-state index in [1.807, 2.05) is 30.3 Å². The summed E-state index contributed by atoms with van der Waals surface area (Å²) >= 11 is 1.66. The molecule has 0 spiro atoms. The number of amides is 1. The second-order valence-corrected chi connectivity index (χ2v) is 8.21. The van der Waals surface area contributed by atoms with Crippen LogP contribution in [0, 0.1) is 19.8 Å². The van der Waals surface area contributed by atoms with Gasteiger partial charge in [-0.3, -0.25) is 4.79 Å². The Bertz CT molecular complexity index is 870. The van der Waals surface area contributed by atoms with Crippen LogP contribution in [0.1, 0.15) is 45.6 Å². The third kappa shape index (κ3) is 6.58. The summed E-state index contributed by atoms with van der Waals surface area (Å²) in [6.45, 7) is 6.77. The Morgan fingerprint density at radius 2 is 1.83 bits per heavy atom. The number of carbonyl (C=O) groups is 1. The van der Waals surface area contributed by atoms with Gasteiger partial charge < -0.3 is 14.4 Å². The number of hydrogen-bond acceptors (Lipinski definition) is 3. The molecule has 0 aliphatic carbocycles. The maximum atomic E-state index is 11.7. The van der Waals surface area contributed by atoms with Gasteiger partial charge in [0.2, 0.25) is 0 Å². The van der Waals surface area contributed by atoms with Crippen molar-refractivity contribution in [3.63, 3.8) is 0 Å². The van der Waals surface area contributed by atoms with Crippen LogP contribution in [0.2, 0.25) is 0 Å². The highest BCUT2D eigenvalue weighted by molar-refractivity contribution is 7.04. The van der Waals surface area contributed by atoms with Crippen LogP contribution in [0.4, 0.5) is 0 Å². The molecule has 2 aromatic carbocycles. The standard InChI is InChI=1S/C13H17NO2.C11H13NS/c15-13(12-4-2-1-3-5-12)14-10-11-6-8-16-9-7-11;1-8-4-3-5-10(9(8)2)6-11-7-13-12-11/h1-5,11H,6-10H2,(H,14,15);3-5,7,12H,6H2,1-2H3. The highest BCUT2D eigenvalue weighted by Gasteiger charge is 2.14. The zero-order valence-electron chi connectivity index (χ0n) is 17.2. The third-order valence-electron chi connectivity index (χ3n) is 5.42. The molecule has 2 heterocycles. The van der Waals surface area contributed by atoms with Gasteiger partial charge in [-0.1, -0.05) is 47.9 Å². The van der Waals surface area contributed by atoms with E-state index in [2.05, 4.69) is 47.1 Å². The Kier molecular flexibility index (Phi) is 8.08. The molecule has 1 saturated heterocycles. The summed E-state index contributed by atoms with van der Waals surface area (Å²) in [6, 6.07) is 15.8. The van der Waals surface area contributed by atoms with Gasteiger partial charge in [0.1, 0.15) is 0 Å². The smallest absolute Gasteiger partial charge is 0.251 e. The van der Waals surface area contributed by atoms with Gasteiger partial charge in [-0.2, -0.15) is 0 Å². The van der Waals surface area contributed by atoms with E-state index in [0.717, 1.165) is 44.6 Å². The predicted octanol–water partition coefficient (Wildman–Crippen LogP) is 5.13. The zero-order valence-corrected chi connectivity index (χ0v) is 18.1. The molecule has 5 heteroatoms. The number of ether oxygens (including phenoxy) is 1. The van der Waals surface area contributed by atoms with Crippen LogP contribution in [0.3, 0.4) is 0 Å². The van der Waals surface area contributed by atoms with Crippen molar-refractivity contribution < 1.29 is 9.53 Å². The average molecular weight is 411 g/mol. The van der Waals surface area contributed by atoms with E-state index in [0.29, 0.717) is 5.92 Å². The van der Waals surface area contributed by atoms with Crippen molar-refractivity contribution >= 4 is 17.4 Å².